The van der Waals surface area contributed by atoms with Crippen molar-refractivity contribution < 1.29 is 18.7 Å². The van der Waals surface area contributed by atoms with Crippen LogP contribution in [0.1, 0.15) is 24.2 Å². The van der Waals surface area contributed by atoms with Gasteiger partial charge in [0.05, 0.1) is 16.6 Å². The van der Waals surface area contributed by atoms with Gasteiger partial charge in [-0.2, -0.15) is 0 Å². The normalized spacial score (nSPS) is 16.1. The molecule has 0 unspecified atom stereocenters. The highest BCUT2D eigenvalue weighted by molar-refractivity contribution is 5.99. The maximum absolute atomic E-state index is 15.1. The Morgan fingerprint density at radius 2 is 1.96 bits per heavy atom. The molecule has 25 heavy (non-hydrogen) atoms. The van der Waals surface area contributed by atoms with E-state index in [0.29, 0.717) is 0 Å². The maximum atomic E-state index is 15.1. The zero-order valence-electron chi connectivity index (χ0n) is 13.8. The Labute approximate surface area is 141 Å². The molecule has 2 heterocycles. The number of aromatic nitrogens is 1. The number of hydrogen-bond donors (Lipinski definition) is 3. The number of hydrogen-bond acceptors (Lipinski definition) is 5. The first-order valence-electron chi connectivity index (χ1n) is 7.69. The van der Waals surface area contributed by atoms with E-state index < -0.39 is 45.2 Å². The number of rotatable bonds is 3. The van der Waals surface area contributed by atoms with Crippen LogP contribution in [-0.2, 0) is 6.54 Å². The number of pyridine rings is 1. The van der Waals surface area contributed by atoms with Crippen molar-refractivity contribution in [1.82, 2.24) is 4.57 Å². The number of nitrogen functional groups attached to an aromatic ring is 1. The van der Waals surface area contributed by atoms with E-state index in [1.54, 1.807) is 13.8 Å². The van der Waals surface area contributed by atoms with Crippen molar-refractivity contribution in [1.29, 1.82) is 0 Å². The maximum Gasteiger partial charge on any atom is 0.341 e. The second kappa shape index (κ2) is 5.41. The van der Waals surface area contributed by atoms with E-state index in [-0.39, 0.29) is 30.8 Å². The topological polar surface area (TPSA) is 115 Å². The molecule has 2 aromatic rings. The molecule has 0 amide bonds. The van der Waals surface area contributed by atoms with Crippen LogP contribution in [0.2, 0.25) is 0 Å². The first kappa shape index (κ1) is 17.2. The van der Waals surface area contributed by atoms with Crippen molar-refractivity contribution >= 4 is 28.2 Å². The Morgan fingerprint density at radius 1 is 1.36 bits per heavy atom. The smallest absolute Gasteiger partial charge is 0.341 e. The number of halogens is 2. The van der Waals surface area contributed by atoms with Gasteiger partial charge in [-0.05, 0) is 13.8 Å². The molecule has 0 aliphatic carbocycles. The Morgan fingerprint density at radius 3 is 2.44 bits per heavy atom. The van der Waals surface area contributed by atoms with Gasteiger partial charge in [-0.3, -0.25) is 4.79 Å². The second-order valence-corrected chi connectivity index (χ2v) is 6.59. The molecule has 1 aromatic heterocycles. The number of anilines is 2. The summed E-state index contributed by atoms with van der Waals surface area (Å²) in [5.41, 5.74) is 8.36. The van der Waals surface area contributed by atoms with Crippen LogP contribution in [-0.4, -0.2) is 34.3 Å². The van der Waals surface area contributed by atoms with Crippen LogP contribution < -0.4 is 21.8 Å². The van der Waals surface area contributed by atoms with E-state index in [2.05, 4.69) is 0 Å². The Hall–Kier alpha value is -2.68. The van der Waals surface area contributed by atoms with Gasteiger partial charge >= 0.3 is 5.97 Å². The third kappa shape index (κ3) is 2.42. The number of aromatic carboxylic acids is 1. The summed E-state index contributed by atoms with van der Waals surface area (Å²) in [4.78, 5) is 25.1. The van der Waals surface area contributed by atoms with Gasteiger partial charge in [-0.25, -0.2) is 13.6 Å². The van der Waals surface area contributed by atoms with Gasteiger partial charge in [0.2, 0.25) is 5.43 Å². The number of benzene rings is 1. The molecule has 1 fully saturated rings. The summed E-state index contributed by atoms with van der Waals surface area (Å²) < 4.78 is 31.1. The lowest BCUT2D eigenvalue weighted by Crippen LogP contribution is -2.66. The first-order valence-corrected chi connectivity index (χ1v) is 7.69. The van der Waals surface area contributed by atoms with Crippen LogP contribution in [0.4, 0.5) is 20.2 Å². The SMILES string of the molecule is CCn1cc(C(=O)O)c(=O)c2c(N)c(F)c(N3CC(C)(N)C3)c(F)c21. The number of carbonyl (C=O) groups is 1. The first-order chi connectivity index (χ1) is 11.6. The molecule has 134 valence electrons. The Balaban J connectivity index is 2.40. The molecule has 0 bridgehead atoms. The molecular weight excluding hydrogens is 334 g/mol. The zero-order valence-corrected chi connectivity index (χ0v) is 13.8. The summed E-state index contributed by atoms with van der Waals surface area (Å²) in [5, 5.41) is 8.70. The number of aryl methyl sites for hydroxylation is 1. The lowest BCUT2D eigenvalue weighted by molar-refractivity contribution is 0.0695. The van der Waals surface area contributed by atoms with Crippen molar-refractivity contribution in [2.45, 2.75) is 25.9 Å². The number of fused-ring (bicyclic) bond motifs is 1. The van der Waals surface area contributed by atoms with Gasteiger partial charge < -0.3 is 26.0 Å². The molecule has 0 radical (unpaired) electrons. The van der Waals surface area contributed by atoms with Gasteiger partial charge in [-0.15, -0.1) is 0 Å². The van der Waals surface area contributed by atoms with E-state index in [1.807, 2.05) is 0 Å². The van der Waals surface area contributed by atoms with Gasteiger partial charge in [0.15, 0.2) is 11.6 Å². The van der Waals surface area contributed by atoms with Crippen LogP contribution in [0, 0.1) is 11.6 Å². The van der Waals surface area contributed by atoms with Gasteiger partial charge in [0, 0.05) is 31.4 Å². The number of nitrogens with zero attached hydrogens (tertiary/aromatic N) is 2. The molecule has 1 aliphatic heterocycles. The average Bonchev–Trinajstić information content (AvgIpc) is 2.50. The summed E-state index contributed by atoms with van der Waals surface area (Å²) in [6.45, 7) is 4.04. The van der Waals surface area contributed by atoms with E-state index in [4.69, 9.17) is 16.6 Å². The van der Waals surface area contributed by atoms with Crippen LogP contribution in [0.5, 0.6) is 0 Å². The molecule has 9 heteroatoms. The van der Waals surface area contributed by atoms with Crippen LogP contribution in [0.3, 0.4) is 0 Å². The van der Waals surface area contributed by atoms with E-state index in [1.165, 1.54) is 9.47 Å². The lowest BCUT2D eigenvalue weighted by atomic mass is 9.92. The van der Waals surface area contributed by atoms with Crippen molar-refractivity contribution in [3.63, 3.8) is 0 Å². The van der Waals surface area contributed by atoms with E-state index in [9.17, 15) is 14.0 Å². The highest BCUT2D eigenvalue weighted by Gasteiger charge is 2.39. The molecule has 7 nitrogen and oxygen atoms in total. The molecular formula is C16H18F2N4O3. The second-order valence-electron chi connectivity index (χ2n) is 6.59. The van der Waals surface area contributed by atoms with Crippen LogP contribution in [0.25, 0.3) is 10.9 Å². The fourth-order valence-electron chi connectivity index (χ4n) is 3.26. The molecule has 0 atom stereocenters. The van der Waals surface area contributed by atoms with E-state index in [0.717, 1.165) is 6.20 Å². The van der Waals surface area contributed by atoms with Crippen molar-refractivity contribution in [3.8, 4) is 0 Å². The van der Waals surface area contributed by atoms with Crippen molar-refractivity contribution in [3.05, 3.63) is 33.6 Å². The van der Waals surface area contributed by atoms with Crippen molar-refractivity contribution in [2.75, 3.05) is 23.7 Å². The number of nitrogens with two attached hydrogens (primary N) is 2. The molecule has 0 spiro atoms. The fourth-order valence-corrected chi connectivity index (χ4v) is 3.26. The molecule has 3 rings (SSSR count). The van der Waals surface area contributed by atoms with Gasteiger partial charge in [-0.1, -0.05) is 0 Å². The fraction of sp³-hybridized carbons (Fsp3) is 0.375. The summed E-state index contributed by atoms with van der Waals surface area (Å²) in [7, 11) is 0. The minimum Gasteiger partial charge on any atom is -0.477 e. The molecule has 5 N–H and O–H groups in total. The minimum atomic E-state index is -1.49. The Kier molecular flexibility index (Phi) is 3.72. The highest BCUT2D eigenvalue weighted by Crippen LogP contribution is 2.38. The molecule has 0 saturated carbocycles. The largest absolute Gasteiger partial charge is 0.477 e. The average molecular weight is 352 g/mol. The third-order valence-electron chi connectivity index (χ3n) is 4.40. The zero-order chi connectivity index (χ0) is 18.7. The van der Waals surface area contributed by atoms with Gasteiger partial charge in [0.25, 0.3) is 0 Å². The number of carboxylic acids is 1. The minimum absolute atomic E-state index is 0.174. The summed E-state index contributed by atoms with van der Waals surface area (Å²) >= 11 is 0. The van der Waals surface area contributed by atoms with Crippen LogP contribution in [0.15, 0.2) is 11.0 Å². The molecule has 1 aromatic carbocycles. The molecule has 1 saturated heterocycles. The predicted molar refractivity (Wildman–Crippen MR) is 90.0 cm³/mol. The predicted octanol–water partition coefficient (Wildman–Crippen LogP) is 1.12. The lowest BCUT2D eigenvalue weighted by Gasteiger charge is -2.47. The highest BCUT2D eigenvalue weighted by atomic mass is 19.1. The van der Waals surface area contributed by atoms with Crippen molar-refractivity contribution in [2.24, 2.45) is 5.73 Å². The quantitative estimate of drug-likeness (QED) is 0.713. The number of carboxylic acid groups (broad SMARTS) is 1. The molecule has 1 aliphatic rings. The Bertz CT molecular complexity index is 960. The summed E-state index contributed by atoms with van der Waals surface area (Å²) in [5.74, 6) is -3.52. The van der Waals surface area contributed by atoms with E-state index >= 15 is 4.39 Å². The summed E-state index contributed by atoms with van der Waals surface area (Å²) in [6, 6.07) is 0. The standard InChI is InChI=1S/C16H18F2N4O3/c1-3-21-4-7(15(24)25)14(23)8-11(19)9(17)13(10(18)12(8)21)22-5-16(2,20)6-22/h4H,3,5-6,19-20H2,1-2H3,(H,24,25). The summed E-state index contributed by atoms with van der Waals surface area (Å²) in [6.07, 6.45) is 1.04. The van der Waals surface area contributed by atoms with Crippen LogP contribution >= 0.6 is 0 Å². The monoisotopic (exact) mass is 352 g/mol. The van der Waals surface area contributed by atoms with Gasteiger partial charge in [0.1, 0.15) is 11.3 Å². The third-order valence-corrected chi connectivity index (χ3v) is 4.40.